The third-order valence-corrected chi connectivity index (χ3v) is 5.31. The zero-order chi connectivity index (χ0) is 14.5. The van der Waals surface area contributed by atoms with Crippen molar-refractivity contribution < 1.29 is 4.39 Å². The molecule has 0 fully saturated rings. The molecule has 1 nitrogen and oxygen atoms in total. The van der Waals surface area contributed by atoms with E-state index in [0.29, 0.717) is 6.42 Å². The van der Waals surface area contributed by atoms with Crippen LogP contribution in [0.4, 0.5) is 4.39 Å². The largest absolute Gasteiger partial charge is 0.309 e. The second-order valence-corrected chi connectivity index (χ2v) is 7.39. The molecule has 0 aliphatic heterocycles. The van der Waals surface area contributed by atoms with Gasteiger partial charge in [0.1, 0.15) is 5.82 Å². The standard InChI is InChI=1S/C15H16Br2FNS/c1-2-5-19-14(15-8-12(17)9-20-15)6-10-3-4-11(16)7-13(10)18/h3-4,7-9,14,19H,2,5-6H2,1H3. The van der Waals surface area contributed by atoms with Crippen LogP contribution < -0.4 is 5.32 Å². The highest BCUT2D eigenvalue weighted by Crippen LogP contribution is 2.29. The lowest BCUT2D eigenvalue weighted by Gasteiger charge is -2.17. The molecule has 108 valence electrons. The number of rotatable bonds is 6. The van der Waals surface area contributed by atoms with Crippen LogP contribution in [0, 0.1) is 5.82 Å². The first-order valence-corrected chi connectivity index (χ1v) is 8.98. The Morgan fingerprint density at radius 2 is 2.05 bits per heavy atom. The molecule has 1 heterocycles. The average Bonchev–Trinajstić information content (AvgIpc) is 2.83. The summed E-state index contributed by atoms with van der Waals surface area (Å²) in [7, 11) is 0. The predicted octanol–water partition coefficient (Wildman–Crippen LogP) is 5.70. The summed E-state index contributed by atoms with van der Waals surface area (Å²) in [4.78, 5) is 1.23. The van der Waals surface area contributed by atoms with Crippen LogP contribution >= 0.6 is 43.2 Å². The minimum Gasteiger partial charge on any atom is -0.309 e. The summed E-state index contributed by atoms with van der Waals surface area (Å²) < 4.78 is 15.8. The molecular weight excluding hydrogens is 405 g/mol. The summed E-state index contributed by atoms with van der Waals surface area (Å²) in [5, 5.41) is 5.56. The minimum atomic E-state index is -0.154. The van der Waals surface area contributed by atoms with Crippen molar-refractivity contribution in [2.75, 3.05) is 6.54 Å². The van der Waals surface area contributed by atoms with Gasteiger partial charge in [0.2, 0.25) is 0 Å². The van der Waals surface area contributed by atoms with E-state index in [2.05, 4.69) is 55.5 Å². The van der Waals surface area contributed by atoms with E-state index in [0.717, 1.165) is 27.5 Å². The van der Waals surface area contributed by atoms with Crippen LogP contribution in [0.25, 0.3) is 0 Å². The van der Waals surface area contributed by atoms with Crippen LogP contribution in [0.1, 0.15) is 29.8 Å². The Morgan fingerprint density at radius 1 is 1.25 bits per heavy atom. The second-order valence-electron chi connectivity index (χ2n) is 4.61. The third kappa shape index (κ3) is 4.38. The summed E-state index contributed by atoms with van der Waals surface area (Å²) in [6.07, 6.45) is 1.72. The molecule has 1 aromatic carbocycles. The van der Waals surface area contributed by atoms with Crippen LogP contribution in [-0.2, 0) is 6.42 Å². The lowest BCUT2D eigenvalue weighted by molar-refractivity contribution is 0.519. The summed E-state index contributed by atoms with van der Waals surface area (Å²) in [6, 6.07) is 7.52. The van der Waals surface area contributed by atoms with Gasteiger partial charge in [0.05, 0.1) is 0 Å². The van der Waals surface area contributed by atoms with E-state index in [9.17, 15) is 4.39 Å². The van der Waals surface area contributed by atoms with E-state index >= 15 is 0 Å². The van der Waals surface area contributed by atoms with Crippen molar-refractivity contribution >= 4 is 43.2 Å². The maximum atomic E-state index is 14.0. The van der Waals surface area contributed by atoms with Gasteiger partial charge in [-0.15, -0.1) is 11.3 Å². The first-order valence-electron chi connectivity index (χ1n) is 6.51. The Labute approximate surface area is 139 Å². The zero-order valence-corrected chi connectivity index (χ0v) is 15.1. The number of halogens is 3. The molecule has 0 amide bonds. The van der Waals surface area contributed by atoms with Crippen molar-refractivity contribution in [1.29, 1.82) is 0 Å². The molecule has 1 unspecified atom stereocenters. The molecule has 20 heavy (non-hydrogen) atoms. The second kappa shape index (κ2) is 7.69. The van der Waals surface area contributed by atoms with Crippen molar-refractivity contribution in [1.82, 2.24) is 5.32 Å². The summed E-state index contributed by atoms with van der Waals surface area (Å²) >= 11 is 8.47. The molecule has 0 radical (unpaired) electrons. The Bertz CT molecular complexity index is 571. The minimum absolute atomic E-state index is 0.154. The molecule has 1 atom stereocenters. The molecular formula is C15H16Br2FNS. The SMILES string of the molecule is CCCNC(Cc1ccc(Br)cc1F)c1cc(Br)cs1. The maximum absolute atomic E-state index is 14.0. The highest BCUT2D eigenvalue weighted by atomic mass is 79.9. The van der Waals surface area contributed by atoms with Gasteiger partial charge < -0.3 is 5.32 Å². The first-order chi connectivity index (χ1) is 9.60. The molecule has 0 aliphatic carbocycles. The summed E-state index contributed by atoms with van der Waals surface area (Å²) in [5.41, 5.74) is 0.742. The van der Waals surface area contributed by atoms with Gasteiger partial charge in [-0.1, -0.05) is 28.9 Å². The number of hydrogen-bond acceptors (Lipinski definition) is 2. The Morgan fingerprint density at radius 3 is 2.65 bits per heavy atom. The molecule has 1 N–H and O–H groups in total. The smallest absolute Gasteiger partial charge is 0.127 e. The molecule has 0 aliphatic rings. The summed E-state index contributed by atoms with van der Waals surface area (Å²) in [6.45, 7) is 3.06. The predicted molar refractivity (Wildman–Crippen MR) is 90.9 cm³/mol. The Hall–Kier alpha value is -0.230. The highest BCUT2D eigenvalue weighted by Gasteiger charge is 2.16. The fraction of sp³-hybridized carbons (Fsp3) is 0.333. The summed E-state index contributed by atoms with van der Waals surface area (Å²) in [5.74, 6) is -0.154. The Balaban J connectivity index is 2.18. The molecule has 0 saturated heterocycles. The van der Waals surface area contributed by atoms with Crippen molar-refractivity contribution in [3.05, 3.63) is 54.8 Å². The van der Waals surface area contributed by atoms with Gasteiger partial charge in [0.25, 0.3) is 0 Å². The number of nitrogens with one attached hydrogen (secondary N) is 1. The highest BCUT2D eigenvalue weighted by molar-refractivity contribution is 9.10. The third-order valence-electron chi connectivity index (χ3n) is 3.01. The molecule has 1 aromatic heterocycles. The molecule has 0 spiro atoms. The maximum Gasteiger partial charge on any atom is 0.127 e. The van der Waals surface area contributed by atoms with Gasteiger partial charge in [0, 0.05) is 25.2 Å². The van der Waals surface area contributed by atoms with Crippen LogP contribution in [-0.4, -0.2) is 6.54 Å². The monoisotopic (exact) mass is 419 g/mol. The van der Waals surface area contributed by atoms with E-state index in [-0.39, 0.29) is 11.9 Å². The molecule has 0 saturated carbocycles. The number of hydrogen-bond donors (Lipinski definition) is 1. The lowest BCUT2D eigenvalue weighted by Crippen LogP contribution is -2.23. The molecule has 5 heteroatoms. The topological polar surface area (TPSA) is 12.0 Å². The molecule has 2 aromatic rings. The van der Waals surface area contributed by atoms with Gasteiger partial charge in [0.15, 0.2) is 0 Å². The number of benzene rings is 1. The van der Waals surface area contributed by atoms with E-state index in [1.54, 1.807) is 11.3 Å². The lowest BCUT2D eigenvalue weighted by atomic mass is 10.0. The molecule has 0 bridgehead atoms. The van der Waals surface area contributed by atoms with Gasteiger partial charge in [-0.25, -0.2) is 4.39 Å². The van der Waals surface area contributed by atoms with E-state index in [1.165, 1.54) is 10.9 Å². The van der Waals surface area contributed by atoms with Crippen LogP contribution in [0.15, 0.2) is 38.6 Å². The van der Waals surface area contributed by atoms with Crippen LogP contribution in [0.5, 0.6) is 0 Å². The van der Waals surface area contributed by atoms with Crippen molar-refractivity contribution in [3.63, 3.8) is 0 Å². The molecule has 2 rings (SSSR count). The van der Waals surface area contributed by atoms with Crippen LogP contribution in [0.3, 0.4) is 0 Å². The fourth-order valence-corrected chi connectivity index (χ4v) is 3.86. The van der Waals surface area contributed by atoms with Gasteiger partial charge in [-0.3, -0.25) is 0 Å². The van der Waals surface area contributed by atoms with Gasteiger partial charge in [-0.2, -0.15) is 0 Å². The van der Waals surface area contributed by atoms with Crippen molar-refractivity contribution in [2.45, 2.75) is 25.8 Å². The Kier molecular flexibility index (Phi) is 6.20. The first kappa shape index (κ1) is 16.1. The average molecular weight is 421 g/mol. The van der Waals surface area contributed by atoms with Crippen molar-refractivity contribution in [2.24, 2.45) is 0 Å². The van der Waals surface area contributed by atoms with Crippen molar-refractivity contribution in [3.8, 4) is 0 Å². The van der Waals surface area contributed by atoms with Gasteiger partial charge >= 0.3 is 0 Å². The van der Waals surface area contributed by atoms with Gasteiger partial charge in [-0.05, 0) is 59.1 Å². The van der Waals surface area contributed by atoms with E-state index in [1.807, 2.05) is 12.1 Å². The number of thiophene rings is 1. The normalized spacial score (nSPS) is 12.6. The quantitative estimate of drug-likeness (QED) is 0.632. The zero-order valence-electron chi connectivity index (χ0n) is 11.1. The van der Waals surface area contributed by atoms with Crippen LogP contribution in [0.2, 0.25) is 0 Å². The fourth-order valence-electron chi connectivity index (χ4n) is 2.01. The van der Waals surface area contributed by atoms with E-state index in [4.69, 9.17) is 0 Å². The van der Waals surface area contributed by atoms with E-state index < -0.39 is 0 Å².